The summed E-state index contributed by atoms with van der Waals surface area (Å²) >= 11 is 5.97. The van der Waals surface area contributed by atoms with E-state index < -0.39 is 67.1 Å². The summed E-state index contributed by atoms with van der Waals surface area (Å²) in [4.78, 5) is 12.9. The van der Waals surface area contributed by atoms with Gasteiger partial charge in [-0.25, -0.2) is 0 Å². The van der Waals surface area contributed by atoms with Gasteiger partial charge in [0.25, 0.3) is 0 Å². The minimum absolute atomic E-state index is 0.0344. The highest BCUT2D eigenvalue weighted by Crippen LogP contribution is 2.34. The van der Waals surface area contributed by atoms with Crippen LogP contribution in [0.3, 0.4) is 0 Å². The molecule has 0 unspecified atom stereocenters. The molecule has 244 valence electrons. The maximum atomic E-state index is 12.9. The summed E-state index contributed by atoms with van der Waals surface area (Å²) in [5.74, 6) is -0.419. The second-order valence-corrected chi connectivity index (χ2v) is 11.6. The maximum Gasteiger partial charge on any atom is 0.247 e. The molecule has 0 bridgehead atoms. The average molecular weight is 650 g/mol. The lowest BCUT2D eigenvalue weighted by Gasteiger charge is -2.41. The first kappa shape index (κ1) is 33.1. The summed E-state index contributed by atoms with van der Waals surface area (Å²) in [6, 6.07) is 9.96. The number of fused-ring (bicyclic) bond motifs is 1. The number of nitrogens with one attached hydrogen (secondary N) is 1. The Labute approximate surface area is 263 Å². The fourth-order valence-electron chi connectivity index (χ4n) is 5.45. The van der Waals surface area contributed by atoms with Crippen LogP contribution in [0.2, 0.25) is 5.02 Å². The molecule has 5 rings (SSSR count). The highest BCUT2D eigenvalue weighted by atomic mass is 35.5. The zero-order valence-electron chi connectivity index (χ0n) is 24.4. The second kappa shape index (κ2) is 14.0. The number of aliphatic hydroxyl groups excluding tert-OH is 5. The number of hydrogen-bond acceptors (Lipinski definition) is 12. The van der Waals surface area contributed by atoms with Crippen LogP contribution in [0.5, 0.6) is 17.2 Å². The van der Waals surface area contributed by atoms with E-state index >= 15 is 0 Å². The normalized spacial score (nSPS) is 33.5. The molecule has 0 spiro atoms. The van der Waals surface area contributed by atoms with Gasteiger partial charge in [-0.3, -0.25) is 4.79 Å². The van der Waals surface area contributed by atoms with E-state index in [0.717, 1.165) is 0 Å². The van der Waals surface area contributed by atoms with E-state index in [2.05, 4.69) is 5.32 Å². The van der Waals surface area contributed by atoms with Crippen molar-refractivity contribution in [1.29, 1.82) is 0 Å². The summed E-state index contributed by atoms with van der Waals surface area (Å²) in [5.41, 5.74) is 1.18. The van der Waals surface area contributed by atoms with Gasteiger partial charge in [-0.05, 0) is 67.5 Å². The van der Waals surface area contributed by atoms with Gasteiger partial charge in [0.15, 0.2) is 11.5 Å². The number of carbonyl (C=O) groups is 1. The monoisotopic (exact) mass is 649 g/mol. The molecule has 3 aliphatic rings. The Morgan fingerprint density at radius 2 is 1.71 bits per heavy atom. The molecule has 1 saturated carbocycles. The van der Waals surface area contributed by atoms with E-state index in [-0.39, 0.29) is 30.5 Å². The first-order valence-corrected chi connectivity index (χ1v) is 14.6. The zero-order valence-corrected chi connectivity index (χ0v) is 25.2. The van der Waals surface area contributed by atoms with Crippen molar-refractivity contribution in [2.45, 2.75) is 75.0 Å². The smallest absolute Gasteiger partial charge is 0.247 e. The van der Waals surface area contributed by atoms with Crippen LogP contribution in [-0.4, -0.2) is 111 Å². The maximum absolute atomic E-state index is 12.9. The Hall–Kier alpha value is -3.24. The molecular weight excluding hydrogens is 614 g/mol. The van der Waals surface area contributed by atoms with Gasteiger partial charge in [-0.15, -0.1) is 0 Å². The molecule has 10 atom stereocenters. The largest absolute Gasteiger partial charge is 0.504 e. The molecule has 0 aromatic heterocycles. The summed E-state index contributed by atoms with van der Waals surface area (Å²) < 4.78 is 27.6. The van der Waals surface area contributed by atoms with Crippen LogP contribution in [0.25, 0.3) is 6.08 Å². The van der Waals surface area contributed by atoms with Crippen molar-refractivity contribution >= 4 is 23.6 Å². The molecule has 2 aromatic carbocycles. The summed E-state index contributed by atoms with van der Waals surface area (Å²) in [6.45, 7) is 3.23. The van der Waals surface area contributed by atoms with Gasteiger partial charge in [-0.1, -0.05) is 23.7 Å². The Kier molecular flexibility index (Phi) is 10.3. The number of phenols is 1. The van der Waals surface area contributed by atoms with Crippen molar-refractivity contribution in [3.05, 3.63) is 70.3 Å². The van der Waals surface area contributed by atoms with E-state index in [4.69, 9.17) is 35.3 Å². The van der Waals surface area contributed by atoms with Crippen LogP contribution in [0.4, 0.5) is 0 Å². The van der Waals surface area contributed by atoms with E-state index in [9.17, 15) is 35.4 Å². The number of rotatable bonds is 9. The van der Waals surface area contributed by atoms with Crippen molar-refractivity contribution < 1.29 is 59.1 Å². The molecule has 2 heterocycles. The quantitative estimate of drug-likeness (QED) is 0.148. The lowest BCUT2D eigenvalue weighted by molar-refractivity contribution is -0.155. The summed E-state index contributed by atoms with van der Waals surface area (Å²) in [6.07, 6.45) is -7.74. The van der Waals surface area contributed by atoms with E-state index in [1.165, 1.54) is 25.1 Å². The SMILES string of the molecule is C/C(=C\c1ccc(O[C@@H]2O[C@H](/C(C)=C/COc3cccc(Cl)c3)[C@@H](O)[C@@H]2O)c(O)c1)C(=O)N[C@@H]1[C@H](O)[C@@H](O)[C@H]2OCO[C@H]2[C@@H]1O. The lowest BCUT2D eigenvalue weighted by Crippen LogP contribution is -2.67. The Morgan fingerprint density at radius 3 is 2.42 bits per heavy atom. The van der Waals surface area contributed by atoms with Crippen molar-refractivity contribution in [2.75, 3.05) is 13.4 Å². The average Bonchev–Trinajstić information content (AvgIpc) is 3.61. The molecule has 2 aromatic rings. The third-order valence-electron chi connectivity index (χ3n) is 7.99. The van der Waals surface area contributed by atoms with Gasteiger partial charge < -0.3 is 59.6 Å². The first-order valence-electron chi connectivity index (χ1n) is 14.3. The molecule has 1 amide bonds. The number of ether oxygens (including phenoxy) is 5. The van der Waals surface area contributed by atoms with Crippen LogP contribution < -0.4 is 14.8 Å². The van der Waals surface area contributed by atoms with Crippen molar-refractivity contribution in [3.8, 4) is 17.2 Å². The molecule has 7 N–H and O–H groups in total. The van der Waals surface area contributed by atoms with Gasteiger partial charge in [0.1, 0.15) is 68.0 Å². The minimum Gasteiger partial charge on any atom is -0.504 e. The van der Waals surface area contributed by atoms with E-state index in [0.29, 0.717) is 21.9 Å². The summed E-state index contributed by atoms with van der Waals surface area (Å²) in [7, 11) is 0. The molecule has 3 fully saturated rings. The number of aromatic hydroxyl groups is 1. The number of phenolic OH excluding ortho intramolecular Hbond substituents is 1. The van der Waals surface area contributed by atoms with E-state index in [1.54, 1.807) is 43.3 Å². The fraction of sp³-hybridized carbons (Fsp3) is 0.452. The summed E-state index contributed by atoms with van der Waals surface area (Å²) in [5, 5.41) is 66.2. The molecular formula is C31H36ClNO12. The zero-order chi connectivity index (χ0) is 32.4. The second-order valence-electron chi connectivity index (χ2n) is 11.1. The fourth-order valence-corrected chi connectivity index (χ4v) is 5.63. The predicted octanol–water partition coefficient (Wildman–Crippen LogP) is 0.622. The molecule has 2 saturated heterocycles. The standard InChI is InChI=1S/C31H36ClNO12/c1-14(8-9-41-18-5-3-4-17(32)12-18)27-25(38)26(39)31(45-27)44-20-7-6-16(11-19(20)34)10-15(2)30(40)33-21-22(35)24(37)29-28(23(21)36)42-13-43-29/h3-8,10-12,21-29,31,34-39H,9,13H2,1-2H3,(H,33,40)/b14-8+,15-10+/t21-,22+,23-,24-,25+,26+,27-,28+,29-,31-/m1/s1. The number of hydrogen-bond donors (Lipinski definition) is 7. The van der Waals surface area contributed by atoms with Gasteiger partial charge >= 0.3 is 0 Å². The molecule has 0 radical (unpaired) electrons. The Morgan fingerprint density at radius 1 is 0.978 bits per heavy atom. The van der Waals surface area contributed by atoms with Gasteiger partial charge in [-0.2, -0.15) is 0 Å². The molecule has 45 heavy (non-hydrogen) atoms. The molecule has 1 aliphatic carbocycles. The molecule has 13 nitrogen and oxygen atoms in total. The van der Waals surface area contributed by atoms with Crippen LogP contribution in [0.1, 0.15) is 19.4 Å². The van der Waals surface area contributed by atoms with Gasteiger partial charge in [0, 0.05) is 10.6 Å². The number of aliphatic hydroxyl groups is 5. The van der Waals surface area contributed by atoms with Crippen molar-refractivity contribution in [1.82, 2.24) is 5.32 Å². The minimum atomic E-state index is -1.49. The van der Waals surface area contributed by atoms with Crippen molar-refractivity contribution in [2.24, 2.45) is 0 Å². The number of halogens is 1. The van der Waals surface area contributed by atoms with Gasteiger partial charge in [0.2, 0.25) is 12.2 Å². The lowest BCUT2D eigenvalue weighted by atomic mass is 9.83. The third kappa shape index (κ3) is 7.27. The van der Waals surface area contributed by atoms with E-state index in [1.807, 2.05) is 0 Å². The van der Waals surface area contributed by atoms with Crippen LogP contribution in [-0.2, 0) is 19.0 Å². The van der Waals surface area contributed by atoms with Crippen molar-refractivity contribution in [3.63, 3.8) is 0 Å². The van der Waals surface area contributed by atoms with Crippen LogP contribution in [0.15, 0.2) is 59.7 Å². The Balaban J connectivity index is 1.18. The highest BCUT2D eigenvalue weighted by Gasteiger charge is 2.53. The molecule has 14 heteroatoms. The number of carbonyl (C=O) groups excluding carboxylic acids is 1. The predicted molar refractivity (Wildman–Crippen MR) is 158 cm³/mol. The van der Waals surface area contributed by atoms with Gasteiger partial charge in [0.05, 0.1) is 6.04 Å². The topological polar surface area (TPSA) is 197 Å². The molecule has 2 aliphatic heterocycles. The van der Waals surface area contributed by atoms with Crippen LogP contribution in [0, 0.1) is 0 Å². The van der Waals surface area contributed by atoms with Crippen LogP contribution >= 0.6 is 11.6 Å². The Bertz CT molecular complexity index is 1440. The highest BCUT2D eigenvalue weighted by molar-refractivity contribution is 6.30. The number of amides is 1. The third-order valence-corrected chi connectivity index (χ3v) is 8.22. The first-order chi connectivity index (χ1) is 21.4. The number of benzene rings is 2.